The summed E-state index contributed by atoms with van der Waals surface area (Å²) in [6, 6.07) is 7.33. The van der Waals surface area contributed by atoms with Crippen molar-refractivity contribution >= 4 is 39.1 Å². The number of nitrogens with zero attached hydrogens (tertiary/aromatic N) is 4. The molecule has 2 aromatic rings. The summed E-state index contributed by atoms with van der Waals surface area (Å²) >= 11 is 7.47. The third-order valence-electron chi connectivity index (χ3n) is 5.31. The van der Waals surface area contributed by atoms with Crippen molar-refractivity contribution in [1.82, 2.24) is 19.7 Å². The van der Waals surface area contributed by atoms with Crippen molar-refractivity contribution in [2.45, 2.75) is 43.1 Å². The van der Waals surface area contributed by atoms with E-state index in [2.05, 4.69) is 10.2 Å². The van der Waals surface area contributed by atoms with Crippen molar-refractivity contribution in [3.05, 3.63) is 35.1 Å². The van der Waals surface area contributed by atoms with Crippen LogP contribution in [0.25, 0.3) is 0 Å². The number of carbonyl (C=O) groups is 1. The summed E-state index contributed by atoms with van der Waals surface area (Å²) in [7, 11) is -1.36. The minimum Gasteiger partial charge on any atom is -0.484 e. The van der Waals surface area contributed by atoms with E-state index in [9.17, 15) is 13.2 Å². The van der Waals surface area contributed by atoms with Gasteiger partial charge in [0.05, 0.1) is 22.3 Å². The molecular formula is C19H23ClN4O4S2. The van der Waals surface area contributed by atoms with Crippen molar-refractivity contribution in [3.63, 3.8) is 0 Å². The van der Waals surface area contributed by atoms with Crippen molar-refractivity contribution in [1.29, 1.82) is 0 Å². The summed E-state index contributed by atoms with van der Waals surface area (Å²) in [5, 5.41) is 9.73. The number of sulfone groups is 1. The summed E-state index contributed by atoms with van der Waals surface area (Å²) in [6.07, 6.45) is 2.58. The standard InChI is InChI=1S/C19H23ClN4O4S2/c1-23(14-8-9-30(26,27)12-14)18(25)11-29-19-22-21-17(24(19)13-6-7-13)10-28-16-5-3-2-4-15(16)20/h2-5,13-14H,6-12H2,1H3. The molecule has 162 valence electrons. The minimum atomic E-state index is -3.03. The highest BCUT2D eigenvalue weighted by molar-refractivity contribution is 7.99. The molecule has 0 spiro atoms. The van der Waals surface area contributed by atoms with Crippen LogP contribution in [0.4, 0.5) is 0 Å². The van der Waals surface area contributed by atoms with Gasteiger partial charge in [-0.2, -0.15) is 0 Å². The second-order valence-electron chi connectivity index (χ2n) is 7.57. The Bertz CT molecular complexity index is 1040. The van der Waals surface area contributed by atoms with Crippen molar-refractivity contribution in [2.75, 3.05) is 24.3 Å². The Morgan fingerprint density at radius 3 is 2.73 bits per heavy atom. The van der Waals surface area contributed by atoms with Crippen LogP contribution in [0.3, 0.4) is 0 Å². The van der Waals surface area contributed by atoms with Crippen LogP contribution in [-0.4, -0.2) is 64.3 Å². The number of rotatable bonds is 8. The van der Waals surface area contributed by atoms with Crippen molar-refractivity contribution in [2.24, 2.45) is 0 Å². The van der Waals surface area contributed by atoms with Crippen LogP contribution < -0.4 is 4.74 Å². The number of hydrogen-bond acceptors (Lipinski definition) is 7. The fourth-order valence-corrected chi connectivity index (χ4v) is 6.33. The van der Waals surface area contributed by atoms with Crippen LogP contribution in [0.1, 0.15) is 31.1 Å². The Hall–Kier alpha value is -1.78. The molecule has 30 heavy (non-hydrogen) atoms. The van der Waals surface area contributed by atoms with E-state index in [0.717, 1.165) is 12.8 Å². The summed E-state index contributed by atoms with van der Waals surface area (Å²) < 4.78 is 31.2. The molecule has 1 saturated carbocycles. The predicted molar refractivity (Wildman–Crippen MR) is 115 cm³/mol. The highest BCUT2D eigenvalue weighted by Crippen LogP contribution is 2.39. The second-order valence-corrected chi connectivity index (χ2v) is 11.1. The molecule has 1 unspecified atom stereocenters. The van der Waals surface area contributed by atoms with Gasteiger partial charge in [0.1, 0.15) is 12.4 Å². The maximum Gasteiger partial charge on any atom is 0.233 e. The van der Waals surface area contributed by atoms with E-state index in [0.29, 0.717) is 34.2 Å². The summed E-state index contributed by atoms with van der Waals surface area (Å²) in [6.45, 7) is 0.238. The highest BCUT2D eigenvalue weighted by Gasteiger charge is 2.33. The van der Waals surface area contributed by atoms with Gasteiger partial charge in [0, 0.05) is 19.1 Å². The quantitative estimate of drug-likeness (QED) is 0.547. The number of halogens is 1. The van der Waals surface area contributed by atoms with Crippen LogP contribution >= 0.6 is 23.4 Å². The van der Waals surface area contributed by atoms with Gasteiger partial charge in [-0.1, -0.05) is 35.5 Å². The average Bonchev–Trinajstić information content (AvgIpc) is 3.37. The molecule has 1 aromatic heterocycles. The van der Waals surface area contributed by atoms with E-state index in [1.165, 1.54) is 11.8 Å². The number of carbonyl (C=O) groups excluding carboxylic acids is 1. The largest absolute Gasteiger partial charge is 0.484 e. The molecule has 11 heteroatoms. The third kappa shape index (κ3) is 4.92. The maximum absolute atomic E-state index is 12.6. The van der Waals surface area contributed by atoms with Gasteiger partial charge < -0.3 is 9.64 Å². The molecule has 0 radical (unpaired) electrons. The van der Waals surface area contributed by atoms with Crippen LogP contribution in [0.15, 0.2) is 29.4 Å². The molecule has 4 rings (SSSR count). The lowest BCUT2D eigenvalue weighted by molar-refractivity contribution is -0.128. The Kier molecular flexibility index (Phi) is 6.26. The molecule has 1 saturated heterocycles. The predicted octanol–water partition coefficient (Wildman–Crippen LogP) is 2.58. The zero-order valence-corrected chi connectivity index (χ0v) is 18.9. The number of benzene rings is 1. The Labute approximate surface area is 184 Å². The molecule has 1 amide bonds. The highest BCUT2D eigenvalue weighted by atomic mass is 35.5. The molecule has 2 heterocycles. The Morgan fingerprint density at radius 1 is 1.30 bits per heavy atom. The Balaban J connectivity index is 1.39. The van der Waals surface area contributed by atoms with Gasteiger partial charge in [-0.25, -0.2) is 8.42 Å². The van der Waals surface area contributed by atoms with E-state index in [-0.39, 0.29) is 35.8 Å². The molecular weight excluding hydrogens is 448 g/mol. The van der Waals surface area contributed by atoms with Crippen LogP contribution in [0.2, 0.25) is 5.02 Å². The number of amides is 1. The first-order chi connectivity index (χ1) is 14.3. The van der Waals surface area contributed by atoms with E-state index in [4.69, 9.17) is 16.3 Å². The van der Waals surface area contributed by atoms with Gasteiger partial charge in [-0.05, 0) is 31.4 Å². The fourth-order valence-electron chi connectivity index (χ4n) is 3.42. The van der Waals surface area contributed by atoms with Gasteiger partial charge in [-0.3, -0.25) is 9.36 Å². The smallest absolute Gasteiger partial charge is 0.233 e. The monoisotopic (exact) mass is 470 g/mol. The molecule has 1 atom stereocenters. The summed E-state index contributed by atoms with van der Waals surface area (Å²) in [4.78, 5) is 14.1. The van der Waals surface area contributed by atoms with Gasteiger partial charge in [0.25, 0.3) is 0 Å². The van der Waals surface area contributed by atoms with Gasteiger partial charge in [0.15, 0.2) is 20.8 Å². The molecule has 2 fully saturated rings. The first-order valence-corrected chi connectivity index (χ1v) is 12.9. The Morgan fingerprint density at radius 2 is 2.07 bits per heavy atom. The second kappa shape index (κ2) is 8.76. The number of aromatic nitrogens is 3. The lowest BCUT2D eigenvalue weighted by Gasteiger charge is -2.23. The van der Waals surface area contributed by atoms with Gasteiger partial charge >= 0.3 is 0 Å². The number of para-hydroxylation sites is 1. The SMILES string of the molecule is CN(C(=O)CSc1nnc(COc2ccccc2Cl)n1C1CC1)C1CCS(=O)(=O)C1. The molecule has 0 N–H and O–H groups in total. The van der Waals surface area contributed by atoms with E-state index in [1.54, 1.807) is 24.1 Å². The molecule has 2 aliphatic rings. The molecule has 0 bridgehead atoms. The molecule has 1 aromatic carbocycles. The van der Waals surface area contributed by atoms with Gasteiger partial charge in [0.2, 0.25) is 5.91 Å². The number of thioether (sulfide) groups is 1. The average molecular weight is 471 g/mol. The van der Waals surface area contributed by atoms with Crippen molar-refractivity contribution < 1.29 is 17.9 Å². The zero-order chi connectivity index (χ0) is 21.3. The molecule has 1 aliphatic heterocycles. The zero-order valence-electron chi connectivity index (χ0n) is 16.5. The van der Waals surface area contributed by atoms with E-state index in [1.807, 2.05) is 16.7 Å². The summed E-state index contributed by atoms with van der Waals surface area (Å²) in [5.41, 5.74) is 0. The normalized spacial score (nSPS) is 20.3. The van der Waals surface area contributed by atoms with Gasteiger partial charge in [-0.15, -0.1) is 10.2 Å². The first kappa shape index (κ1) is 21.5. The van der Waals surface area contributed by atoms with Crippen LogP contribution in [0.5, 0.6) is 5.75 Å². The minimum absolute atomic E-state index is 0.0433. The third-order valence-corrected chi connectivity index (χ3v) is 8.31. The van der Waals surface area contributed by atoms with Crippen molar-refractivity contribution in [3.8, 4) is 5.75 Å². The number of ether oxygens (including phenoxy) is 1. The van der Waals surface area contributed by atoms with Crippen LogP contribution in [0, 0.1) is 0 Å². The van der Waals surface area contributed by atoms with E-state index < -0.39 is 9.84 Å². The maximum atomic E-state index is 12.6. The molecule has 8 nitrogen and oxygen atoms in total. The first-order valence-electron chi connectivity index (χ1n) is 9.74. The lowest BCUT2D eigenvalue weighted by Crippen LogP contribution is -2.38. The lowest BCUT2D eigenvalue weighted by atomic mass is 10.2. The molecule has 1 aliphatic carbocycles. The van der Waals surface area contributed by atoms with Crippen LogP contribution in [-0.2, 0) is 21.2 Å². The van der Waals surface area contributed by atoms with E-state index >= 15 is 0 Å². The fraction of sp³-hybridized carbons (Fsp3) is 0.526. The topological polar surface area (TPSA) is 94.4 Å². The summed E-state index contributed by atoms with van der Waals surface area (Å²) in [5.74, 6) is 1.55. The number of hydrogen-bond donors (Lipinski definition) is 0.